The number of ether oxygens (including phenoxy) is 2. The molecule has 0 amide bonds. The Hall–Kier alpha value is -1.32. The molecule has 0 aliphatic carbocycles. The van der Waals surface area contributed by atoms with E-state index in [4.69, 9.17) is 9.47 Å². The Kier molecular flexibility index (Phi) is 3.10. The van der Waals surface area contributed by atoms with E-state index in [0.717, 1.165) is 21.3 Å². The molecular weight excluding hydrogens is 292 g/mol. The van der Waals surface area contributed by atoms with Gasteiger partial charge >= 0.3 is 0 Å². The van der Waals surface area contributed by atoms with Crippen LogP contribution in [0.25, 0.3) is 0 Å². The second-order valence-corrected chi connectivity index (χ2v) is 5.32. The average Bonchev–Trinajstić information content (AvgIpc) is 2.39. The minimum absolute atomic E-state index is 0.0492. The van der Waals surface area contributed by atoms with Crippen LogP contribution in [0.1, 0.15) is 22.8 Å². The van der Waals surface area contributed by atoms with E-state index in [2.05, 4.69) is 53.2 Å². The van der Waals surface area contributed by atoms with Crippen molar-refractivity contribution in [3.63, 3.8) is 0 Å². The predicted molar refractivity (Wildman–Crippen MR) is 73.7 cm³/mol. The monoisotopic (exact) mass is 304 g/mol. The van der Waals surface area contributed by atoms with Gasteiger partial charge in [-0.2, -0.15) is 0 Å². The normalized spacial score (nSPS) is 18.0. The summed E-state index contributed by atoms with van der Waals surface area (Å²) >= 11 is 3.49. The van der Waals surface area contributed by atoms with Crippen LogP contribution in [0.15, 0.2) is 46.9 Å². The topological polar surface area (TPSA) is 18.5 Å². The first-order valence-corrected chi connectivity index (χ1v) is 6.64. The van der Waals surface area contributed by atoms with Gasteiger partial charge in [0.2, 0.25) is 0 Å². The Morgan fingerprint density at radius 2 is 1.89 bits per heavy atom. The van der Waals surface area contributed by atoms with Gasteiger partial charge in [0.25, 0.3) is 0 Å². The quantitative estimate of drug-likeness (QED) is 0.785. The van der Waals surface area contributed by atoms with Gasteiger partial charge in [-0.05, 0) is 30.7 Å². The summed E-state index contributed by atoms with van der Waals surface area (Å²) < 4.78 is 12.3. The van der Waals surface area contributed by atoms with Gasteiger partial charge in [-0.1, -0.05) is 45.8 Å². The van der Waals surface area contributed by atoms with Crippen molar-refractivity contribution >= 4 is 15.9 Å². The van der Waals surface area contributed by atoms with Crippen molar-refractivity contribution in [2.75, 3.05) is 6.79 Å². The van der Waals surface area contributed by atoms with Crippen molar-refractivity contribution in [3.05, 3.63) is 63.6 Å². The van der Waals surface area contributed by atoms with Crippen molar-refractivity contribution in [1.82, 2.24) is 0 Å². The van der Waals surface area contributed by atoms with Crippen molar-refractivity contribution in [2.24, 2.45) is 0 Å². The zero-order valence-electron chi connectivity index (χ0n) is 10.0. The van der Waals surface area contributed by atoms with Gasteiger partial charge in [-0.3, -0.25) is 0 Å². The molecule has 2 aromatic carbocycles. The SMILES string of the molecule is Cc1ccc(C2OCOc3ccc(Br)cc32)cc1. The lowest BCUT2D eigenvalue weighted by atomic mass is 9.99. The van der Waals surface area contributed by atoms with Gasteiger partial charge in [0.15, 0.2) is 6.79 Å². The maximum atomic E-state index is 5.74. The molecule has 92 valence electrons. The summed E-state index contributed by atoms with van der Waals surface area (Å²) in [6, 6.07) is 14.4. The van der Waals surface area contributed by atoms with E-state index in [1.165, 1.54) is 5.56 Å². The number of hydrogen-bond donors (Lipinski definition) is 0. The Morgan fingerprint density at radius 3 is 2.67 bits per heavy atom. The summed E-state index contributed by atoms with van der Waals surface area (Å²) in [6.07, 6.45) is -0.0492. The molecule has 1 unspecified atom stereocenters. The molecule has 3 rings (SSSR count). The maximum absolute atomic E-state index is 5.74. The van der Waals surface area contributed by atoms with E-state index in [-0.39, 0.29) is 6.10 Å². The van der Waals surface area contributed by atoms with E-state index in [0.29, 0.717) is 6.79 Å². The molecule has 2 nitrogen and oxygen atoms in total. The summed E-state index contributed by atoms with van der Waals surface area (Å²) in [5, 5.41) is 0. The van der Waals surface area contributed by atoms with Gasteiger partial charge in [0.05, 0.1) is 0 Å². The Balaban J connectivity index is 2.05. The van der Waals surface area contributed by atoms with Crippen LogP contribution in [0.4, 0.5) is 0 Å². The molecule has 2 aromatic rings. The molecule has 1 atom stereocenters. The van der Waals surface area contributed by atoms with E-state index < -0.39 is 0 Å². The van der Waals surface area contributed by atoms with Crippen molar-refractivity contribution in [3.8, 4) is 5.75 Å². The van der Waals surface area contributed by atoms with Crippen LogP contribution < -0.4 is 4.74 Å². The maximum Gasteiger partial charge on any atom is 0.190 e. The van der Waals surface area contributed by atoms with Gasteiger partial charge in [-0.15, -0.1) is 0 Å². The molecule has 1 aliphatic heterocycles. The molecule has 0 saturated carbocycles. The number of aryl methyl sites for hydroxylation is 1. The van der Waals surface area contributed by atoms with Gasteiger partial charge < -0.3 is 9.47 Å². The van der Waals surface area contributed by atoms with Crippen molar-refractivity contribution in [1.29, 1.82) is 0 Å². The summed E-state index contributed by atoms with van der Waals surface area (Å²) in [5.41, 5.74) is 3.48. The first-order chi connectivity index (χ1) is 8.74. The highest BCUT2D eigenvalue weighted by Crippen LogP contribution is 2.37. The van der Waals surface area contributed by atoms with Crippen LogP contribution in [0.5, 0.6) is 5.75 Å². The summed E-state index contributed by atoms with van der Waals surface area (Å²) in [5.74, 6) is 0.898. The van der Waals surface area contributed by atoms with E-state index >= 15 is 0 Å². The van der Waals surface area contributed by atoms with E-state index in [1.807, 2.05) is 12.1 Å². The van der Waals surface area contributed by atoms with Gasteiger partial charge in [-0.25, -0.2) is 0 Å². The highest BCUT2D eigenvalue weighted by Gasteiger charge is 2.23. The third kappa shape index (κ3) is 2.16. The van der Waals surface area contributed by atoms with Gasteiger partial charge in [0.1, 0.15) is 11.9 Å². The molecule has 1 aliphatic rings. The average molecular weight is 305 g/mol. The Labute approximate surface area is 115 Å². The van der Waals surface area contributed by atoms with Crippen molar-refractivity contribution < 1.29 is 9.47 Å². The lowest BCUT2D eigenvalue weighted by Crippen LogP contribution is -2.18. The smallest absolute Gasteiger partial charge is 0.190 e. The number of fused-ring (bicyclic) bond motifs is 1. The van der Waals surface area contributed by atoms with Crippen LogP contribution in [-0.4, -0.2) is 6.79 Å². The molecule has 0 aromatic heterocycles. The minimum Gasteiger partial charge on any atom is -0.467 e. The van der Waals surface area contributed by atoms with Crippen LogP contribution >= 0.6 is 15.9 Å². The summed E-state index contributed by atoms with van der Waals surface area (Å²) in [4.78, 5) is 0. The van der Waals surface area contributed by atoms with Crippen molar-refractivity contribution in [2.45, 2.75) is 13.0 Å². The number of benzene rings is 2. The first kappa shape index (κ1) is 11.8. The molecular formula is C15H13BrO2. The molecule has 0 fully saturated rings. The van der Waals surface area contributed by atoms with Gasteiger partial charge in [0, 0.05) is 10.0 Å². The van der Waals surface area contributed by atoms with Crippen LogP contribution in [-0.2, 0) is 4.74 Å². The van der Waals surface area contributed by atoms with E-state index in [9.17, 15) is 0 Å². The highest BCUT2D eigenvalue weighted by molar-refractivity contribution is 9.10. The lowest BCUT2D eigenvalue weighted by Gasteiger charge is -2.26. The van der Waals surface area contributed by atoms with E-state index in [1.54, 1.807) is 0 Å². The Morgan fingerprint density at radius 1 is 1.11 bits per heavy atom. The number of halogens is 1. The molecule has 0 radical (unpaired) electrons. The third-order valence-electron chi connectivity index (χ3n) is 3.08. The summed E-state index contributed by atoms with van der Waals surface area (Å²) in [7, 11) is 0. The fourth-order valence-corrected chi connectivity index (χ4v) is 2.51. The van der Waals surface area contributed by atoms with Crippen LogP contribution in [0, 0.1) is 6.92 Å². The van der Waals surface area contributed by atoms with Crippen LogP contribution in [0.2, 0.25) is 0 Å². The standard InChI is InChI=1S/C15H13BrO2/c1-10-2-4-11(5-3-10)15-13-8-12(16)6-7-14(13)17-9-18-15/h2-8,15H,9H2,1H3. The predicted octanol–water partition coefficient (Wildman–Crippen LogP) is 4.21. The number of hydrogen-bond acceptors (Lipinski definition) is 2. The number of rotatable bonds is 1. The second kappa shape index (κ2) is 4.75. The van der Waals surface area contributed by atoms with Crippen LogP contribution in [0.3, 0.4) is 0 Å². The third-order valence-corrected chi connectivity index (χ3v) is 3.58. The molecule has 0 bridgehead atoms. The lowest BCUT2D eigenvalue weighted by molar-refractivity contribution is -0.0419. The second-order valence-electron chi connectivity index (χ2n) is 4.40. The largest absolute Gasteiger partial charge is 0.467 e. The zero-order valence-corrected chi connectivity index (χ0v) is 11.6. The first-order valence-electron chi connectivity index (χ1n) is 5.84. The Bertz CT molecular complexity index is 563. The fourth-order valence-electron chi connectivity index (χ4n) is 2.13. The molecule has 0 spiro atoms. The molecule has 0 saturated heterocycles. The molecule has 1 heterocycles. The fraction of sp³-hybridized carbons (Fsp3) is 0.200. The summed E-state index contributed by atoms with van der Waals surface area (Å²) in [6.45, 7) is 2.38. The molecule has 3 heteroatoms. The molecule has 18 heavy (non-hydrogen) atoms. The molecule has 0 N–H and O–H groups in total. The zero-order chi connectivity index (χ0) is 12.5. The minimum atomic E-state index is -0.0492. The highest BCUT2D eigenvalue weighted by atomic mass is 79.9.